The molecule has 1 atom stereocenters. The molecule has 0 bridgehead atoms. The zero-order chi connectivity index (χ0) is 22.8. The molecule has 1 saturated heterocycles. The number of thiazole rings is 1. The van der Waals surface area contributed by atoms with Gasteiger partial charge in [0.2, 0.25) is 0 Å². The van der Waals surface area contributed by atoms with Gasteiger partial charge in [0, 0.05) is 36.1 Å². The molecular formula is C25H27N5O2S. The Balaban J connectivity index is 1.42. The summed E-state index contributed by atoms with van der Waals surface area (Å²) in [6.07, 6.45) is 4.85. The maximum Gasteiger partial charge on any atom is 0.323 e. The van der Waals surface area contributed by atoms with Crippen molar-refractivity contribution in [2.24, 2.45) is 0 Å². The molecule has 0 saturated carbocycles. The first-order valence-electron chi connectivity index (χ1n) is 11.3. The molecule has 33 heavy (non-hydrogen) atoms. The number of pyridine rings is 1. The first-order chi connectivity index (χ1) is 16.2. The van der Waals surface area contributed by atoms with Gasteiger partial charge in [0.1, 0.15) is 11.6 Å². The van der Waals surface area contributed by atoms with Crippen molar-refractivity contribution in [3.63, 3.8) is 0 Å². The quantitative estimate of drug-likeness (QED) is 0.430. The van der Waals surface area contributed by atoms with Crippen LogP contribution in [0.3, 0.4) is 0 Å². The second-order valence-electron chi connectivity index (χ2n) is 8.22. The van der Waals surface area contributed by atoms with Crippen LogP contribution in [0.15, 0.2) is 54.0 Å². The zero-order valence-corrected chi connectivity index (χ0v) is 19.6. The molecule has 1 aliphatic rings. The molecule has 4 heterocycles. The fourth-order valence-electron chi connectivity index (χ4n) is 4.40. The highest BCUT2D eigenvalue weighted by molar-refractivity contribution is 7.13. The van der Waals surface area contributed by atoms with Crippen LogP contribution in [-0.2, 0) is 6.42 Å². The average molecular weight is 462 g/mol. The van der Waals surface area contributed by atoms with E-state index in [9.17, 15) is 4.79 Å². The molecule has 3 aromatic heterocycles. The van der Waals surface area contributed by atoms with Crippen LogP contribution in [0.1, 0.15) is 37.2 Å². The Morgan fingerprint density at radius 3 is 2.97 bits per heavy atom. The summed E-state index contributed by atoms with van der Waals surface area (Å²) in [5.41, 5.74) is 4.00. The molecule has 0 aliphatic carbocycles. The molecule has 7 nitrogen and oxygen atoms in total. The molecule has 1 unspecified atom stereocenters. The number of aromatic nitrogens is 3. The molecule has 4 aromatic rings. The van der Waals surface area contributed by atoms with E-state index in [1.165, 1.54) is 11.3 Å². The number of nitrogens with one attached hydrogen (secondary N) is 1. The lowest BCUT2D eigenvalue weighted by atomic mass is 9.97. The van der Waals surface area contributed by atoms with Crippen molar-refractivity contribution in [3.8, 4) is 17.0 Å². The van der Waals surface area contributed by atoms with E-state index in [0.717, 1.165) is 59.8 Å². The van der Waals surface area contributed by atoms with Gasteiger partial charge >= 0.3 is 6.03 Å². The van der Waals surface area contributed by atoms with Crippen LogP contribution < -0.4 is 10.1 Å². The van der Waals surface area contributed by atoms with E-state index in [4.69, 9.17) is 9.72 Å². The van der Waals surface area contributed by atoms with Gasteiger partial charge in [0.25, 0.3) is 0 Å². The van der Waals surface area contributed by atoms with Gasteiger partial charge in [-0.25, -0.2) is 14.8 Å². The number of aryl methyl sites for hydroxylation is 1. The second kappa shape index (κ2) is 9.23. The summed E-state index contributed by atoms with van der Waals surface area (Å²) in [7, 11) is 1.67. The van der Waals surface area contributed by atoms with Crippen LogP contribution in [0.5, 0.6) is 5.75 Å². The van der Waals surface area contributed by atoms with Crippen molar-refractivity contribution >= 4 is 28.0 Å². The van der Waals surface area contributed by atoms with Crippen LogP contribution in [-0.4, -0.2) is 45.5 Å². The monoisotopic (exact) mass is 461 g/mol. The van der Waals surface area contributed by atoms with Gasteiger partial charge in [-0.3, -0.25) is 5.32 Å². The third-order valence-corrected chi connectivity index (χ3v) is 6.93. The van der Waals surface area contributed by atoms with Gasteiger partial charge in [-0.1, -0.05) is 25.1 Å². The van der Waals surface area contributed by atoms with Crippen LogP contribution in [0.4, 0.5) is 9.93 Å². The first kappa shape index (κ1) is 21.5. The van der Waals surface area contributed by atoms with Crippen molar-refractivity contribution in [1.82, 2.24) is 19.3 Å². The summed E-state index contributed by atoms with van der Waals surface area (Å²) in [5, 5.41) is 5.62. The third kappa shape index (κ3) is 4.30. The van der Waals surface area contributed by atoms with Crippen LogP contribution in [0, 0.1) is 0 Å². The largest absolute Gasteiger partial charge is 0.497 e. The summed E-state index contributed by atoms with van der Waals surface area (Å²) in [6.45, 7) is 3.42. The molecule has 2 amide bonds. The molecule has 0 radical (unpaired) electrons. The molecule has 1 aromatic carbocycles. The van der Waals surface area contributed by atoms with E-state index in [1.54, 1.807) is 7.11 Å². The van der Waals surface area contributed by atoms with E-state index in [-0.39, 0.29) is 11.9 Å². The van der Waals surface area contributed by atoms with Gasteiger partial charge in [-0.2, -0.15) is 0 Å². The Bertz CT molecular complexity index is 1280. The van der Waals surface area contributed by atoms with Gasteiger partial charge in [-0.05, 0) is 43.5 Å². The van der Waals surface area contributed by atoms with E-state index in [0.29, 0.717) is 11.7 Å². The van der Waals surface area contributed by atoms with Crippen molar-refractivity contribution in [2.75, 3.05) is 25.5 Å². The van der Waals surface area contributed by atoms with Crippen molar-refractivity contribution < 1.29 is 9.53 Å². The number of imidazole rings is 1. The fourth-order valence-corrected chi connectivity index (χ4v) is 5.19. The van der Waals surface area contributed by atoms with Crippen molar-refractivity contribution in [3.05, 3.63) is 65.6 Å². The Labute approximate surface area is 197 Å². The summed E-state index contributed by atoms with van der Waals surface area (Å²) in [5.74, 6) is 1.95. The minimum absolute atomic E-state index is 0.0921. The number of nitrogens with zero attached hydrogens (tertiary/aromatic N) is 4. The normalized spacial score (nSPS) is 16.2. The molecule has 0 spiro atoms. The standard InChI is InChI=1S/C25H27N5O2S/c1-3-19-16-33-24(26-19)28-25(31)29-12-7-9-18(15-29)23-27-22(21-11-4-5-13-30(21)23)17-8-6-10-20(14-17)32-2/h4-6,8,10-11,13-14,16,18H,3,7,9,12,15H2,1-2H3,(H,26,28,31). The van der Waals surface area contributed by atoms with Crippen molar-refractivity contribution in [1.29, 1.82) is 0 Å². The van der Waals surface area contributed by atoms with Gasteiger partial charge in [-0.15, -0.1) is 11.3 Å². The Hall–Kier alpha value is -3.39. The van der Waals surface area contributed by atoms with Crippen LogP contribution in [0.2, 0.25) is 0 Å². The summed E-state index contributed by atoms with van der Waals surface area (Å²) < 4.78 is 7.58. The smallest absolute Gasteiger partial charge is 0.323 e. The summed E-state index contributed by atoms with van der Waals surface area (Å²) in [6, 6.07) is 14.0. The fraction of sp³-hybridized carbons (Fsp3) is 0.320. The lowest BCUT2D eigenvalue weighted by molar-refractivity contribution is 0.191. The summed E-state index contributed by atoms with van der Waals surface area (Å²) >= 11 is 1.47. The minimum Gasteiger partial charge on any atom is -0.497 e. The Morgan fingerprint density at radius 2 is 2.15 bits per heavy atom. The van der Waals surface area contributed by atoms with E-state index >= 15 is 0 Å². The number of anilines is 1. The number of rotatable bonds is 5. The SMILES string of the molecule is CCc1csc(NC(=O)N2CCCC(c3nc(-c4cccc(OC)c4)c4ccccn34)C2)n1. The number of piperidine rings is 1. The van der Waals surface area contributed by atoms with Gasteiger partial charge < -0.3 is 14.0 Å². The second-order valence-corrected chi connectivity index (χ2v) is 9.08. The predicted molar refractivity (Wildman–Crippen MR) is 131 cm³/mol. The molecular weight excluding hydrogens is 434 g/mol. The number of amides is 2. The number of fused-ring (bicyclic) bond motifs is 1. The Kier molecular flexibility index (Phi) is 6.00. The predicted octanol–water partition coefficient (Wildman–Crippen LogP) is 5.44. The van der Waals surface area contributed by atoms with E-state index in [1.807, 2.05) is 40.6 Å². The highest BCUT2D eigenvalue weighted by atomic mass is 32.1. The third-order valence-electron chi connectivity index (χ3n) is 6.12. The summed E-state index contributed by atoms with van der Waals surface area (Å²) in [4.78, 5) is 24.4. The molecule has 5 rings (SSSR count). The molecule has 170 valence electrons. The number of benzene rings is 1. The minimum atomic E-state index is -0.0921. The van der Waals surface area contributed by atoms with Crippen molar-refractivity contribution in [2.45, 2.75) is 32.1 Å². The maximum absolute atomic E-state index is 12.9. The number of methoxy groups -OCH3 is 1. The van der Waals surface area contributed by atoms with Gasteiger partial charge in [0.05, 0.1) is 24.0 Å². The number of ether oxygens (including phenoxy) is 1. The molecule has 1 aliphatic heterocycles. The van der Waals surface area contributed by atoms with Crippen LogP contribution in [0.25, 0.3) is 16.8 Å². The van der Waals surface area contributed by atoms with E-state index in [2.05, 4.69) is 40.0 Å². The number of likely N-dealkylation sites (tertiary alicyclic amines) is 1. The number of carbonyl (C=O) groups excluding carboxylic acids is 1. The Morgan fingerprint density at radius 1 is 1.24 bits per heavy atom. The van der Waals surface area contributed by atoms with Crippen LogP contribution >= 0.6 is 11.3 Å². The number of carbonyl (C=O) groups is 1. The van der Waals surface area contributed by atoms with E-state index < -0.39 is 0 Å². The average Bonchev–Trinajstić information content (AvgIpc) is 3.49. The maximum atomic E-state index is 12.9. The van der Waals surface area contributed by atoms with Gasteiger partial charge in [0.15, 0.2) is 5.13 Å². The molecule has 1 fully saturated rings. The number of hydrogen-bond donors (Lipinski definition) is 1. The zero-order valence-electron chi connectivity index (χ0n) is 18.8. The number of hydrogen-bond acceptors (Lipinski definition) is 5. The molecule has 8 heteroatoms. The lowest BCUT2D eigenvalue weighted by Crippen LogP contribution is -2.42. The number of urea groups is 1. The topological polar surface area (TPSA) is 71.8 Å². The first-order valence-corrected chi connectivity index (χ1v) is 12.2. The lowest BCUT2D eigenvalue weighted by Gasteiger charge is -2.32. The highest BCUT2D eigenvalue weighted by Crippen LogP contribution is 2.33. The highest BCUT2D eigenvalue weighted by Gasteiger charge is 2.29. The molecule has 1 N–H and O–H groups in total.